The smallest absolute Gasteiger partial charge is 0.153 e. The largest absolute Gasteiger partial charge is 0.382 e. The van der Waals surface area contributed by atoms with Crippen LogP contribution in [0, 0.1) is 11.7 Å². The molecule has 0 aliphatic heterocycles. The second-order valence-corrected chi connectivity index (χ2v) is 5.07. The maximum atomic E-state index is 14.0. The Bertz CT molecular complexity index is 563. The lowest BCUT2D eigenvalue weighted by Gasteiger charge is -2.08. The van der Waals surface area contributed by atoms with Crippen molar-refractivity contribution in [2.45, 2.75) is 20.3 Å². The summed E-state index contributed by atoms with van der Waals surface area (Å²) in [5.74, 6) is 0.259. The van der Waals surface area contributed by atoms with Crippen LogP contribution in [0.2, 0.25) is 5.02 Å². The number of benzene rings is 1. The molecule has 2 rings (SSSR count). The van der Waals surface area contributed by atoms with Crippen molar-refractivity contribution in [2.24, 2.45) is 5.92 Å². The fourth-order valence-electron chi connectivity index (χ4n) is 1.95. The first kappa shape index (κ1) is 12.9. The molecule has 18 heavy (non-hydrogen) atoms. The zero-order chi connectivity index (χ0) is 13.3. The molecule has 2 aromatic rings. The van der Waals surface area contributed by atoms with Crippen LogP contribution >= 0.6 is 11.6 Å². The van der Waals surface area contributed by atoms with Gasteiger partial charge in [-0.25, -0.2) is 4.39 Å². The van der Waals surface area contributed by atoms with Gasteiger partial charge in [-0.1, -0.05) is 37.6 Å². The van der Waals surface area contributed by atoms with Crippen LogP contribution in [0.4, 0.5) is 10.2 Å². The van der Waals surface area contributed by atoms with E-state index in [0.717, 1.165) is 12.1 Å². The van der Waals surface area contributed by atoms with Crippen molar-refractivity contribution in [2.75, 3.05) is 5.73 Å². The van der Waals surface area contributed by atoms with E-state index in [9.17, 15) is 4.39 Å². The number of hydrogen-bond acceptors (Lipinski definition) is 2. The summed E-state index contributed by atoms with van der Waals surface area (Å²) in [6.45, 7) is 4.16. The van der Waals surface area contributed by atoms with Gasteiger partial charge >= 0.3 is 0 Å². The quantitative estimate of drug-likeness (QED) is 0.892. The Labute approximate surface area is 110 Å². The van der Waals surface area contributed by atoms with E-state index < -0.39 is 5.82 Å². The van der Waals surface area contributed by atoms with Crippen molar-refractivity contribution in [3.63, 3.8) is 0 Å². The number of rotatable bonds is 3. The molecule has 0 saturated heterocycles. The summed E-state index contributed by atoms with van der Waals surface area (Å²) in [6.07, 6.45) is 0.755. The van der Waals surface area contributed by atoms with Gasteiger partial charge in [0.15, 0.2) is 5.82 Å². The first-order valence-electron chi connectivity index (χ1n) is 5.77. The molecule has 1 aromatic heterocycles. The Morgan fingerprint density at radius 3 is 2.83 bits per heavy atom. The van der Waals surface area contributed by atoms with Crippen molar-refractivity contribution in [3.05, 3.63) is 34.7 Å². The fourth-order valence-corrected chi connectivity index (χ4v) is 2.12. The van der Waals surface area contributed by atoms with Gasteiger partial charge in [0.2, 0.25) is 0 Å². The molecule has 0 amide bonds. The van der Waals surface area contributed by atoms with E-state index in [0.29, 0.717) is 22.9 Å². The van der Waals surface area contributed by atoms with E-state index in [4.69, 9.17) is 17.3 Å². The normalized spacial score (nSPS) is 11.2. The van der Waals surface area contributed by atoms with Crippen LogP contribution in [0.5, 0.6) is 0 Å². The fraction of sp³-hybridized carbons (Fsp3) is 0.308. The van der Waals surface area contributed by atoms with Crippen molar-refractivity contribution in [1.82, 2.24) is 10.2 Å². The number of aromatic amines is 1. The predicted molar refractivity (Wildman–Crippen MR) is 71.9 cm³/mol. The standard InChI is InChI=1S/C13H15ClFN3/c1-7(2)6-10-11(13(16)18-17-10)8-4-3-5-9(14)12(8)15/h3-5,7H,6H2,1-2H3,(H3,16,17,18). The number of halogens is 2. The van der Waals surface area contributed by atoms with Gasteiger partial charge < -0.3 is 5.73 Å². The van der Waals surface area contributed by atoms with Gasteiger partial charge in [-0.05, 0) is 18.4 Å². The van der Waals surface area contributed by atoms with Crippen molar-refractivity contribution < 1.29 is 4.39 Å². The molecule has 0 aliphatic carbocycles. The van der Waals surface area contributed by atoms with Crippen LogP contribution < -0.4 is 5.73 Å². The maximum absolute atomic E-state index is 14.0. The lowest BCUT2D eigenvalue weighted by Crippen LogP contribution is -1.98. The van der Waals surface area contributed by atoms with Gasteiger partial charge in [0.05, 0.1) is 5.02 Å². The first-order valence-corrected chi connectivity index (χ1v) is 6.15. The average Bonchev–Trinajstić information content (AvgIpc) is 2.63. The number of anilines is 1. The zero-order valence-corrected chi connectivity index (χ0v) is 11.1. The molecule has 0 fully saturated rings. The van der Waals surface area contributed by atoms with Crippen LogP contribution in [0.25, 0.3) is 11.1 Å². The topological polar surface area (TPSA) is 54.7 Å². The first-order chi connectivity index (χ1) is 8.50. The number of nitrogen functional groups attached to an aromatic ring is 1. The van der Waals surface area contributed by atoms with E-state index in [1.165, 1.54) is 6.07 Å². The maximum Gasteiger partial charge on any atom is 0.153 e. The van der Waals surface area contributed by atoms with E-state index in [2.05, 4.69) is 24.0 Å². The minimum absolute atomic E-state index is 0.0867. The summed E-state index contributed by atoms with van der Waals surface area (Å²) in [4.78, 5) is 0. The number of H-pyrrole nitrogens is 1. The van der Waals surface area contributed by atoms with Crippen LogP contribution in [0.3, 0.4) is 0 Å². The molecule has 0 aliphatic rings. The summed E-state index contributed by atoms with van der Waals surface area (Å²) < 4.78 is 14.0. The highest BCUT2D eigenvalue weighted by atomic mass is 35.5. The number of aromatic nitrogens is 2. The van der Waals surface area contributed by atoms with E-state index in [1.54, 1.807) is 12.1 Å². The Morgan fingerprint density at radius 2 is 2.17 bits per heavy atom. The van der Waals surface area contributed by atoms with Crippen LogP contribution in [-0.2, 0) is 6.42 Å². The lowest BCUT2D eigenvalue weighted by molar-refractivity contribution is 0.625. The molecule has 5 heteroatoms. The summed E-state index contributed by atoms with van der Waals surface area (Å²) >= 11 is 5.79. The highest BCUT2D eigenvalue weighted by molar-refractivity contribution is 6.31. The van der Waals surface area contributed by atoms with Crippen LogP contribution in [0.15, 0.2) is 18.2 Å². The highest BCUT2D eigenvalue weighted by Gasteiger charge is 2.18. The molecule has 0 bridgehead atoms. The summed E-state index contributed by atoms with van der Waals surface area (Å²) in [5, 5.41) is 6.91. The Balaban J connectivity index is 2.56. The lowest BCUT2D eigenvalue weighted by atomic mass is 9.99. The average molecular weight is 268 g/mol. The number of nitrogens with one attached hydrogen (secondary N) is 1. The molecule has 0 atom stereocenters. The third kappa shape index (κ3) is 2.34. The molecule has 3 nitrogen and oxygen atoms in total. The number of hydrogen-bond donors (Lipinski definition) is 2. The molecule has 0 radical (unpaired) electrons. The monoisotopic (exact) mass is 267 g/mol. The third-order valence-electron chi connectivity index (χ3n) is 2.70. The van der Waals surface area contributed by atoms with Gasteiger partial charge in [0.1, 0.15) is 5.82 Å². The summed E-state index contributed by atoms with van der Waals surface area (Å²) in [7, 11) is 0. The molecule has 0 unspecified atom stereocenters. The molecule has 0 spiro atoms. The second kappa shape index (κ2) is 4.98. The highest BCUT2D eigenvalue weighted by Crippen LogP contribution is 2.33. The van der Waals surface area contributed by atoms with E-state index in [1.807, 2.05) is 0 Å². The second-order valence-electron chi connectivity index (χ2n) is 4.66. The molecule has 3 N–H and O–H groups in total. The van der Waals surface area contributed by atoms with Gasteiger partial charge in [-0.3, -0.25) is 5.10 Å². The van der Waals surface area contributed by atoms with Gasteiger partial charge in [-0.15, -0.1) is 0 Å². The van der Waals surface area contributed by atoms with Crippen molar-refractivity contribution in [3.8, 4) is 11.1 Å². The Hall–Kier alpha value is -1.55. The SMILES string of the molecule is CC(C)Cc1[nH]nc(N)c1-c1cccc(Cl)c1F. The van der Waals surface area contributed by atoms with Gasteiger partial charge in [0.25, 0.3) is 0 Å². The minimum Gasteiger partial charge on any atom is -0.382 e. The van der Waals surface area contributed by atoms with E-state index in [-0.39, 0.29) is 5.02 Å². The number of nitrogens with two attached hydrogens (primary N) is 1. The molecule has 1 heterocycles. The van der Waals surface area contributed by atoms with E-state index >= 15 is 0 Å². The van der Waals surface area contributed by atoms with Crippen molar-refractivity contribution in [1.29, 1.82) is 0 Å². The predicted octanol–water partition coefficient (Wildman–Crippen LogP) is 3.65. The summed E-state index contributed by atoms with van der Waals surface area (Å²) in [6, 6.07) is 4.87. The van der Waals surface area contributed by atoms with Crippen LogP contribution in [-0.4, -0.2) is 10.2 Å². The van der Waals surface area contributed by atoms with Crippen molar-refractivity contribution >= 4 is 17.4 Å². The Kier molecular flexibility index (Phi) is 3.57. The molecule has 1 aromatic carbocycles. The Morgan fingerprint density at radius 1 is 1.44 bits per heavy atom. The zero-order valence-electron chi connectivity index (χ0n) is 10.3. The minimum atomic E-state index is -0.461. The molecular formula is C13H15ClFN3. The van der Waals surface area contributed by atoms with Crippen LogP contribution in [0.1, 0.15) is 19.5 Å². The number of nitrogens with zero attached hydrogens (tertiary/aromatic N) is 1. The molecule has 96 valence electrons. The molecule has 0 saturated carbocycles. The molecular weight excluding hydrogens is 253 g/mol. The summed E-state index contributed by atoms with van der Waals surface area (Å²) in [5.41, 5.74) is 7.66. The van der Waals surface area contributed by atoms with Gasteiger partial charge in [-0.2, -0.15) is 5.10 Å². The van der Waals surface area contributed by atoms with Gasteiger partial charge in [0, 0.05) is 16.8 Å². The third-order valence-corrected chi connectivity index (χ3v) is 2.99.